The summed E-state index contributed by atoms with van der Waals surface area (Å²) < 4.78 is 25.2. The van der Waals surface area contributed by atoms with E-state index in [1.165, 1.54) is 6.26 Å². The number of carbonyl (C=O) groups is 1. The number of hydrogen-bond donors (Lipinski definition) is 3. The standard InChI is InChI=1S/C22H17FN6O3/c1-12-20(30)28-17-10-15(5-6-18(17)32-12)26-19-16(23)11-25-22(29-19)27-14-4-2-3-13(9-14)21-24-7-8-31-21/h2-12H,1H3,(H,28,30)(H2,25,26,27,29)/t12-/m1/s1. The van der Waals surface area contributed by atoms with Crippen LogP contribution in [0.2, 0.25) is 0 Å². The van der Waals surface area contributed by atoms with Crippen LogP contribution in [0.3, 0.4) is 0 Å². The number of aromatic nitrogens is 3. The predicted molar refractivity (Wildman–Crippen MR) is 116 cm³/mol. The quantitative estimate of drug-likeness (QED) is 0.423. The van der Waals surface area contributed by atoms with Crippen LogP contribution in [0.25, 0.3) is 11.5 Å². The Morgan fingerprint density at radius 1 is 1.09 bits per heavy atom. The van der Waals surface area contributed by atoms with Crippen molar-refractivity contribution in [3.8, 4) is 17.2 Å². The molecule has 2 aromatic heterocycles. The highest BCUT2D eigenvalue weighted by Gasteiger charge is 2.23. The van der Waals surface area contributed by atoms with Crippen LogP contribution >= 0.6 is 0 Å². The second kappa shape index (κ2) is 7.99. The maximum atomic E-state index is 14.4. The van der Waals surface area contributed by atoms with Crippen LogP contribution < -0.4 is 20.7 Å². The number of nitrogens with one attached hydrogen (secondary N) is 3. The molecule has 0 radical (unpaired) electrons. The SMILES string of the molecule is C[C@H]1Oc2ccc(Nc3nc(Nc4cccc(-c5ncco5)c4)ncc3F)cc2NC1=O. The van der Waals surface area contributed by atoms with E-state index in [0.717, 1.165) is 11.8 Å². The van der Waals surface area contributed by atoms with Gasteiger partial charge in [0.1, 0.15) is 12.0 Å². The third-order valence-corrected chi connectivity index (χ3v) is 4.72. The van der Waals surface area contributed by atoms with Gasteiger partial charge in [0.25, 0.3) is 5.91 Å². The van der Waals surface area contributed by atoms with Gasteiger partial charge in [-0.15, -0.1) is 0 Å². The molecule has 0 saturated heterocycles. The van der Waals surface area contributed by atoms with E-state index in [-0.39, 0.29) is 17.7 Å². The molecule has 1 aliphatic heterocycles. The molecule has 1 amide bonds. The predicted octanol–water partition coefficient (Wildman–Crippen LogP) is 4.48. The van der Waals surface area contributed by atoms with Crippen molar-refractivity contribution in [2.45, 2.75) is 13.0 Å². The Morgan fingerprint density at radius 2 is 1.97 bits per heavy atom. The average Bonchev–Trinajstić information content (AvgIpc) is 3.32. The Labute approximate surface area is 181 Å². The summed E-state index contributed by atoms with van der Waals surface area (Å²) in [7, 11) is 0. The van der Waals surface area contributed by atoms with Crippen LogP contribution in [0.1, 0.15) is 6.92 Å². The van der Waals surface area contributed by atoms with Crippen molar-refractivity contribution >= 4 is 34.7 Å². The number of ether oxygens (including phenoxy) is 1. The van der Waals surface area contributed by atoms with Crippen LogP contribution in [0.15, 0.2) is 65.5 Å². The molecule has 1 aliphatic rings. The molecule has 1 atom stereocenters. The number of oxazole rings is 1. The fourth-order valence-electron chi connectivity index (χ4n) is 3.16. The second-order valence-electron chi connectivity index (χ2n) is 7.02. The Kier molecular flexibility index (Phi) is 4.86. The number of anilines is 5. The van der Waals surface area contributed by atoms with E-state index in [0.29, 0.717) is 28.7 Å². The first-order valence-corrected chi connectivity index (χ1v) is 9.73. The summed E-state index contributed by atoms with van der Waals surface area (Å²) in [5.41, 5.74) is 2.47. The van der Waals surface area contributed by atoms with Crippen LogP contribution in [-0.4, -0.2) is 27.0 Å². The fourth-order valence-corrected chi connectivity index (χ4v) is 3.16. The second-order valence-corrected chi connectivity index (χ2v) is 7.02. The van der Waals surface area contributed by atoms with Gasteiger partial charge in [-0.3, -0.25) is 4.79 Å². The van der Waals surface area contributed by atoms with Crippen molar-refractivity contribution in [3.05, 3.63) is 66.9 Å². The summed E-state index contributed by atoms with van der Waals surface area (Å²) in [6, 6.07) is 12.4. The summed E-state index contributed by atoms with van der Waals surface area (Å²) in [5.74, 6) is 0.314. The zero-order valence-electron chi connectivity index (χ0n) is 16.8. The van der Waals surface area contributed by atoms with Crippen LogP contribution in [0, 0.1) is 5.82 Å². The molecular formula is C22H17FN6O3. The molecule has 5 rings (SSSR count). The van der Waals surface area contributed by atoms with E-state index in [9.17, 15) is 9.18 Å². The molecule has 9 nitrogen and oxygen atoms in total. The van der Waals surface area contributed by atoms with E-state index < -0.39 is 11.9 Å². The summed E-state index contributed by atoms with van der Waals surface area (Å²) >= 11 is 0. The van der Waals surface area contributed by atoms with E-state index in [1.807, 2.05) is 24.3 Å². The smallest absolute Gasteiger partial charge is 0.265 e. The number of carbonyl (C=O) groups excluding carboxylic acids is 1. The van der Waals surface area contributed by atoms with Gasteiger partial charge in [0.05, 0.1) is 18.1 Å². The highest BCUT2D eigenvalue weighted by molar-refractivity contribution is 5.98. The molecule has 3 heterocycles. The summed E-state index contributed by atoms with van der Waals surface area (Å²) in [6.07, 6.45) is 3.56. The van der Waals surface area contributed by atoms with Gasteiger partial charge in [0, 0.05) is 16.9 Å². The maximum Gasteiger partial charge on any atom is 0.265 e. The largest absolute Gasteiger partial charge is 0.479 e. The van der Waals surface area contributed by atoms with Gasteiger partial charge >= 0.3 is 0 Å². The molecular weight excluding hydrogens is 415 g/mol. The van der Waals surface area contributed by atoms with Crippen molar-refractivity contribution < 1.29 is 18.3 Å². The third-order valence-electron chi connectivity index (χ3n) is 4.72. The first kappa shape index (κ1) is 19.5. The molecule has 4 aromatic rings. The first-order chi connectivity index (χ1) is 15.5. The number of fused-ring (bicyclic) bond motifs is 1. The molecule has 0 aliphatic carbocycles. The molecule has 0 unspecified atom stereocenters. The molecule has 160 valence electrons. The zero-order chi connectivity index (χ0) is 22.1. The van der Waals surface area contributed by atoms with E-state index >= 15 is 0 Å². The van der Waals surface area contributed by atoms with Gasteiger partial charge in [0.15, 0.2) is 17.7 Å². The van der Waals surface area contributed by atoms with Crippen LogP contribution in [0.4, 0.5) is 33.2 Å². The molecule has 2 aromatic carbocycles. The number of benzene rings is 2. The summed E-state index contributed by atoms with van der Waals surface area (Å²) in [6.45, 7) is 1.66. The lowest BCUT2D eigenvalue weighted by Gasteiger charge is -2.23. The Hall–Kier alpha value is -4.47. The first-order valence-electron chi connectivity index (χ1n) is 9.73. The minimum atomic E-state index is -0.629. The van der Waals surface area contributed by atoms with Gasteiger partial charge in [-0.05, 0) is 43.3 Å². The van der Waals surface area contributed by atoms with Crippen molar-refractivity contribution in [1.82, 2.24) is 15.0 Å². The Balaban J connectivity index is 1.36. The van der Waals surface area contributed by atoms with Gasteiger partial charge in [-0.1, -0.05) is 6.07 Å². The van der Waals surface area contributed by atoms with E-state index in [2.05, 4.69) is 30.9 Å². The summed E-state index contributed by atoms with van der Waals surface area (Å²) in [5, 5.41) is 8.71. The molecule has 0 fully saturated rings. The van der Waals surface area contributed by atoms with Crippen LogP contribution in [-0.2, 0) is 4.79 Å². The van der Waals surface area contributed by atoms with Gasteiger partial charge < -0.3 is 25.1 Å². The monoisotopic (exact) mass is 432 g/mol. The van der Waals surface area contributed by atoms with Gasteiger partial charge in [-0.2, -0.15) is 4.98 Å². The number of nitrogens with zero attached hydrogens (tertiary/aromatic N) is 3. The number of hydrogen-bond acceptors (Lipinski definition) is 8. The normalized spacial score (nSPS) is 14.8. The Morgan fingerprint density at radius 3 is 2.81 bits per heavy atom. The number of rotatable bonds is 5. The summed E-state index contributed by atoms with van der Waals surface area (Å²) in [4.78, 5) is 24.2. The van der Waals surface area contributed by atoms with Crippen molar-refractivity contribution in [3.63, 3.8) is 0 Å². The van der Waals surface area contributed by atoms with Crippen LogP contribution in [0.5, 0.6) is 5.75 Å². The lowest BCUT2D eigenvalue weighted by Crippen LogP contribution is -2.34. The Bertz CT molecular complexity index is 1290. The number of amides is 1. The van der Waals surface area contributed by atoms with E-state index in [4.69, 9.17) is 9.15 Å². The molecule has 0 spiro atoms. The van der Waals surface area contributed by atoms with E-state index in [1.54, 1.807) is 31.3 Å². The molecule has 3 N–H and O–H groups in total. The highest BCUT2D eigenvalue weighted by Crippen LogP contribution is 2.33. The minimum absolute atomic E-state index is 0.0253. The van der Waals surface area contributed by atoms with Crippen molar-refractivity contribution in [2.24, 2.45) is 0 Å². The van der Waals surface area contributed by atoms with Gasteiger partial charge in [0.2, 0.25) is 11.8 Å². The molecule has 0 bridgehead atoms. The number of halogens is 1. The fraction of sp³-hybridized carbons (Fsp3) is 0.0909. The lowest BCUT2D eigenvalue weighted by molar-refractivity contribution is -0.122. The maximum absolute atomic E-state index is 14.4. The van der Waals surface area contributed by atoms with Crippen molar-refractivity contribution in [2.75, 3.05) is 16.0 Å². The lowest BCUT2D eigenvalue weighted by atomic mass is 10.2. The average molecular weight is 432 g/mol. The topological polar surface area (TPSA) is 114 Å². The molecule has 10 heteroatoms. The van der Waals surface area contributed by atoms with Gasteiger partial charge in [-0.25, -0.2) is 14.4 Å². The highest BCUT2D eigenvalue weighted by atomic mass is 19.1. The van der Waals surface area contributed by atoms with Crippen molar-refractivity contribution in [1.29, 1.82) is 0 Å². The molecule has 0 saturated carbocycles. The zero-order valence-corrected chi connectivity index (χ0v) is 16.8. The minimum Gasteiger partial charge on any atom is -0.479 e. The molecule has 32 heavy (non-hydrogen) atoms. The third kappa shape index (κ3) is 3.93.